The predicted octanol–water partition coefficient (Wildman–Crippen LogP) is 2.31. The zero-order chi connectivity index (χ0) is 19.1. The minimum absolute atomic E-state index is 0.230. The van der Waals surface area contributed by atoms with Crippen molar-refractivity contribution >= 4 is 11.5 Å². The van der Waals surface area contributed by atoms with Crippen LogP contribution in [0.4, 0.5) is 5.82 Å². The first kappa shape index (κ1) is 17.6. The van der Waals surface area contributed by atoms with Crippen LogP contribution in [0.25, 0.3) is 16.8 Å². The van der Waals surface area contributed by atoms with Crippen molar-refractivity contribution in [2.24, 2.45) is 0 Å². The van der Waals surface area contributed by atoms with Crippen molar-refractivity contribution in [1.29, 1.82) is 0 Å². The number of aliphatic hydroxyl groups is 1. The summed E-state index contributed by atoms with van der Waals surface area (Å²) in [7, 11) is 0. The molecule has 6 heteroatoms. The minimum Gasteiger partial charge on any atom is -0.395 e. The van der Waals surface area contributed by atoms with E-state index < -0.39 is 0 Å². The summed E-state index contributed by atoms with van der Waals surface area (Å²) in [5.41, 5.74) is 6.97. The SMILES string of the molecule is Cc1nn2c(N3CCN(CCO)CC3)c3c(nc2c1-c1ccccc1)CCC3. The third kappa shape index (κ3) is 2.88. The maximum absolute atomic E-state index is 9.23. The fourth-order valence-electron chi connectivity index (χ4n) is 4.71. The van der Waals surface area contributed by atoms with Crippen molar-refractivity contribution in [2.75, 3.05) is 44.2 Å². The second kappa shape index (κ2) is 7.18. The molecule has 0 bridgehead atoms. The van der Waals surface area contributed by atoms with Gasteiger partial charge in [0, 0.05) is 49.5 Å². The summed E-state index contributed by atoms with van der Waals surface area (Å²) in [6.07, 6.45) is 3.32. The van der Waals surface area contributed by atoms with Crippen LogP contribution in [0.2, 0.25) is 0 Å². The summed E-state index contributed by atoms with van der Waals surface area (Å²) in [6.45, 7) is 6.96. The minimum atomic E-state index is 0.230. The van der Waals surface area contributed by atoms with Gasteiger partial charge < -0.3 is 10.0 Å². The van der Waals surface area contributed by atoms with Crippen molar-refractivity contribution in [3.63, 3.8) is 0 Å². The van der Waals surface area contributed by atoms with E-state index in [-0.39, 0.29) is 6.61 Å². The highest BCUT2D eigenvalue weighted by Crippen LogP contribution is 2.36. The van der Waals surface area contributed by atoms with Gasteiger partial charge in [-0.1, -0.05) is 30.3 Å². The second-order valence-electron chi connectivity index (χ2n) is 7.83. The zero-order valence-electron chi connectivity index (χ0n) is 16.4. The highest BCUT2D eigenvalue weighted by molar-refractivity contribution is 5.81. The maximum atomic E-state index is 9.23. The molecule has 28 heavy (non-hydrogen) atoms. The average Bonchev–Trinajstić information content (AvgIpc) is 3.31. The van der Waals surface area contributed by atoms with Crippen molar-refractivity contribution in [3.8, 4) is 11.1 Å². The van der Waals surface area contributed by atoms with E-state index >= 15 is 0 Å². The summed E-state index contributed by atoms with van der Waals surface area (Å²) >= 11 is 0. The van der Waals surface area contributed by atoms with E-state index in [1.807, 2.05) is 6.07 Å². The van der Waals surface area contributed by atoms with Gasteiger partial charge in [0.25, 0.3) is 0 Å². The average molecular weight is 377 g/mol. The summed E-state index contributed by atoms with van der Waals surface area (Å²) in [6, 6.07) is 10.5. The molecule has 1 aromatic carbocycles. The van der Waals surface area contributed by atoms with E-state index in [9.17, 15) is 5.11 Å². The first-order valence-electron chi connectivity index (χ1n) is 10.3. The number of piperazine rings is 1. The molecule has 0 amide bonds. The van der Waals surface area contributed by atoms with Crippen LogP contribution >= 0.6 is 0 Å². The molecule has 0 unspecified atom stereocenters. The van der Waals surface area contributed by atoms with Crippen LogP contribution in [0.15, 0.2) is 30.3 Å². The van der Waals surface area contributed by atoms with E-state index in [1.165, 1.54) is 29.1 Å². The molecule has 0 radical (unpaired) electrons. The molecule has 2 aromatic heterocycles. The number of rotatable bonds is 4. The Bertz CT molecular complexity index is 989. The van der Waals surface area contributed by atoms with Crippen LogP contribution in [-0.4, -0.2) is 63.9 Å². The Morgan fingerprint density at radius 2 is 1.82 bits per heavy atom. The van der Waals surface area contributed by atoms with Gasteiger partial charge in [-0.15, -0.1) is 0 Å². The van der Waals surface area contributed by atoms with Crippen LogP contribution in [-0.2, 0) is 12.8 Å². The summed E-state index contributed by atoms with van der Waals surface area (Å²) in [5, 5.41) is 14.2. The first-order chi connectivity index (χ1) is 13.8. The van der Waals surface area contributed by atoms with Gasteiger partial charge in [-0.2, -0.15) is 9.61 Å². The number of aliphatic hydroxyl groups excluding tert-OH is 1. The fraction of sp³-hybridized carbons (Fsp3) is 0.455. The van der Waals surface area contributed by atoms with Gasteiger partial charge >= 0.3 is 0 Å². The van der Waals surface area contributed by atoms with Crippen LogP contribution in [0.3, 0.4) is 0 Å². The molecule has 1 aliphatic carbocycles. The quantitative estimate of drug-likeness (QED) is 0.756. The Labute approximate surface area is 165 Å². The highest BCUT2D eigenvalue weighted by Gasteiger charge is 2.28. The van der Waals surface area contributed by atoms with Crippen molar-refractivity contribution in [1.82, 2.24) is 19.5 Å². The maximum Gasteiger partial charge on any atom is 0.165 e. The van der Waals surface area contributed by atoms with Gasteiger partial charge in [-0.3, -0.25) is 4.90 Å². The van der Waals surface area contributed by atoms with Crippen LogP contribution < -0.4 is 4.90 Å². The number of aryl methyl sites for hydroxylation is 2. The Kier molecular flexibility index (Phi) is 4.53. The number of nitrogens with zero attached hydrogens (tertiary/aromatic N) is 5. The smallest absolute Gasteiger partial charge is 0.165 e. The molecule has 6 nitrogen and oxygen atoms in total. The molecular formula is C22H27N5O. The number of aromatic nitrogens is 3. The van der Waals surface area contributed by atoms with Gasteiger partial charge in [0.1, 0.15) is 5.82 Å². The highest BCUT2D eigenvalue weighted by atomic mass is 16.3. The lowest BCUT2D eigenvalue weighted by atomic mass is 10.1. The molecule has 1 N–H and O–H groups in total. The van der Waals surface area contributed by atoms with Gasteiger partial charge in [0.2, 0.25) is 0 Å². The van der Waals surface area contributed by atoms with E-state index in [2.05, 4.69) is 45.5 Å². The summed E-state index contributed by atoms with van der Waals surface area (Å²) in [5.74, 6) is 1.24. The molecule has 1 fully saturated rings. The number of fused-ring (bicyclic) bond motifs is 2. The molecule has 146 valence electrons. The van der Waals surface area contributed by atoms with E-state index in [1.54, 1.807) is 0 Å². The third-order valence-electron chi connectivity index (χ3n) is 6.09. The molecule has 1 saturated heterocycles. The molecule has 3 aromatic rings. The fourth-order valence-corrected chi connectivity index (χ4v) is 4.71. The third-order valence-corrected chi connectivity index (χ3v) is 6.09. The summed E-state index contributed by atoms with van der Waals surface area (Å²) in [4.78, 5) is 9.90. The van der Waals surface area contributed by atoms with Crippen molar-refractivity contribution in [3.05, 3.63) is 47.3 Å². The van der Waals surface area contributed by atoms with Gasteiger partial charge in [-0.05, 0) is 31.7 Å². The number of hydrogen-bond donors (Lipinski definition) is 1. The van der Waals surface area contributed by atoms with Crippen molar-refractivity contribution in [2.45, 2.75) is 26.2 Å². The van der Waals surface area contributed by atoms with Gasteiger partial charge in [0.15, 0.2) is 5.65 Å². The van der Waals surface area contributed by atoms with Gasteiger partial charge in [-0.25, -0.2) is 4.98 Å². The second-order valence-corrected chi connectivity index (χ2v) is 7.83. The predicted molar refractivity (Wildman–Crippen MR) is 111 cm³/mol. The van der Waals surface area contributed by atoms with Crippen molar-refractivity contribution < 1.29 is 5.11 Å². The number of benzene rings is 1. The topological polar surface area (TPSA) is 56.9 Å². The Morgan fingerprint density at radius 1 is 1.04 bits per heavy atom. The largest absolute Gasteiger partial charge is 0.395 e. The molecular weight excluding hydrogens is 350 g/mol. The number of anilines is 1. The molecule has 3 heterocycles. The monoisotopic (exact) mass is 377 g/mol. The Balaban J connectivity index is 1.63. The molecule has 2 aliphatic rings. The Hall–Kier alpha value is -2.44. The van der Waals surface area contributed by atoms with E-state index in [0.29, 0.717) is 0 Å². The molecule has 0 atom stereocenters. The lowest BCUT2D eigenvalue weighted by Crippen LogP contribution is -2.48. The molecule has 5 rings (SSSR count). The number of β-amino-alcohol motifs (C(OH)–C–C–N with tert-alkyl or cyclic N) is 1. The molecule has 0 spiro atoms. The first-order valence-corrected chi connectivity index (χ1v) is 10.3. The van der Waals surface area contributed by atoms with E-state index in [0.717, 1.165) is 62.5 Å². The molecule has 1 aliphatic heterocycles. The standard InChI is InChI=1S/C22H27N5O/c1-16-20(17-6-3-2-4-7-17)21-23-19-9-5-8-18(19)22(27(21)24-16)26-12-10-25(11-13-26)14-15-28/h2-4,6-7,28H,5,8-15H2,1H3. The van der Waals surface area contributed by atoms with Crippen LogP contribution in [0.5, 0.6) is 0 Å². The van der Waals surface area contributed by atoms with Crippen LogP contribution in [0.1, 0.15) is 23.4 Å². The summed E-state index contributed by atoms with van der Waals surface area (Å²) < 4.78 is 2.10. The van der Waals surface area contributed by atoms with E-state index in [4.69, 9.17) is 10.1 Å². The van der Waals surface area contributed by atoms with Crippen LogP contribution in [0, 0.1) is 6.92 Å². The number of hydrogen-bond acceptors (Lipinski definition) is 5. The Morgan fingerprint density at radius 3 is 2.57 bits per heavy atom. The zero-order valence-corrected chi connectivity index (χ0v) is 16.4. The lowest BCUT2D eigenvalue weighted by Gasteiger charge is -2.36. The normalized spacial score (nSPS) is 17.4. The lowest BCUT2D eigenvalue weighted by molar-refractivity contribution is 0.188. The molecule has 0 saturated carbocycles. The van der Waals surface area contributed by atoms with Gasteiger partial charge in [0.05, 0.1) is 12.3 Å².